The molecule has 1 saturated heterocycles. The predicted molar refractivity (Wildman–Crippen MR) is 132 cm³/mol. The van der Waals surface area contributed by atoms with Gasteiger partial charge < -0.3 is 14.5 Å². The summed E-state index contributed by atoms with van der Waals surface area (Å²) in [7, 11) is 2.04. The Morgan fingerprint density at radius 2 is 2.06 bits per heavy atom. The number of hydrogen-bond acceptors (Lipinski definition) is 7. The molecule has 3 rings (SSSR count). The molecule has 2 heterocycles. The lowest BCUT2D eigenvalue weighted by molar-refractivity contribution is -0.149. The SMILES string of the molecule is CCCN(C)c1cc(C)nc(SCc2cccc(C(=O)N3CCC[C@H](C(=O)OCC)C3)c2)n1. The number of benzene rings is 1. The number of carbonyl (C=O) groups excluding carboxylic acids is 2. The standard InChI is InChI=1S/C25H34N4O3S/c1-5-12-28(4)22-14-18(3)26-25(27-22)33-17-19-9-7-10-20(15-19)23(30)29-13-8-11-21(16-29)24(31)32-6-2/h7,9-10,14-15,21H,5-6,8,11-13,16-17H2,1-4H3/t21-/m0/s1. The molecule has 1 aromatic carbocycles. The third-order valence-electron chi connectivity index (χ3n) is 5.64. The van der Waals surface area contributed by atoms with Crippen LogP contribution in [0.25, 0.3) is 0 Å². The number of piperidine rings is 1. The van der Waals surface area contributed by atoms with Crippen LogP contribution < -0.4 is 4.90 Å². The molecular weight excluding hydrogens is 436 g/mol. The van der Waals surface area contributed by atoms with Crippen LogP contribution in [0, 0.1) is 12.8 Å². The van der Waals surface area contributed by atoms with E-state index in [0.717, 1.165) is 48.0 Å². The fraction of sp³-hybridized carbons (Fsp3) is 0.520. The maximum absolute atomic E-state index is 13.1. The van der Waals surface area contributed by atoms with Crippen molar-refractivity contribution >= 4 is 29.5 Å². The smallest absolute Gasteiger partial charge is 0.310 e. The summed E-state index contributed by atoms with van der Waals surface area (Å²) in [5.74, 6) is 1.12. The molecule has 8 heteroatoms. The van der Waals surface area contributed by atoms with Crippen LogP contribution in [0.5, 0.6) is 0 Å². The zero-order valence-electron chi connectivity index (χ0n) is 20.0. The highest BCUT2D eigenvalue weighted by Crippen LogP contribution is 2.24. The van der Waals surface area contributed by atoms with Crippen LogP contribution in [0.1, 0.15) is 54.7 Å². The van der Waals surface area contributed by atoms with Gasteiger partial charge in [0.2, 0.25) is 0 Å². The highest BCUT2D eigenvalue weighted by molar-refractivity contribution is 7.98. The van der Waals surface area contributed by atoms with Gasteiger partial charge in [-0.3, -0.25) is 9.59 Å². The zero-order valence-corrected chi connectivity index (χ0v) is 20.9. The third kappa shape index (κ3) is 6.93. The molecule has 0 bridgehead atoms. The summed E-state index contributed by atoms with van der Waals surface area (Å²) in [6.45, 7) is 8.33. The van der Waals surface area contributed by atoms with E-state index in [1.165, 1.54) is 0 Å². The number of likely N-dealkylation sites (tertiary alicyclic amines) is 1. The minimum atomic E-state index is -0.236. The number of aryl methyl sites for hydroxylation is 1. The second kappa shape index (κ2) is 12.0. The van der Waals surface area contributed by atoms with Gasteiger partial charge in [0.25, 0.3) is 5.91 Å². The van der Waals surface area contributed by atoms with Gasteiger partial charge in [-0.05, 0) is 50.8 Å². The summed E-state index contributed by atoms with van der Waals surface area (Å²) in [5.41, 5.74) is 2.63. The number of ether oxygens (including phenoxy) is 1. The van der Waals surface area contributed by atoms with Gasteiger partial charge in [0.15, 0.2) is 5.16 Å². The Bertz CT molecular complexity index is 968. The molecule has 7 nitrogen and oxygen atoms in total. The van der Waals surface area contributed by atoms with Crippen molar-refractivity contribution in [2.45, 2.75) is 50.9 Å². The second-order valence-electron chi connectivity index (χ2n) is 8.40. The fourth-order valence-corrected chi connectivity index (χ4v) is 4.82. The number of thioether (sulfide) groups is 1. The average Bonchev–Trinajstić information content (AvgIpc) is 2.82. The highest BCUT2D eigenvalue weighted by atomic mass is 32.2. The molecule has 1 amide bonds. The number of hydrogen-bond donors (Lipinski definition) is 0. The van der Waals surface area contributed by atoms with Crippen molar-refractivity contribution in [1.29, 1.82) is 0 Å². The molecule has 0 radical (unpaired) electrons. The molecule has 0 spiro atoms. The van der Waals surface area contributed by atoms with E-state index in [-0.39, 0.29) is 17.8 Å². The molecule has 0 aliphatic carbocycles. The largest absolute Gasteiger partial charge is 0.466 e. The third-order valence-corrected chi connectivity index (χ3v) is 6.56. The minimum Gasteiger partial charge on any atom is -0.466 e. The molecule has 1 aliphatic heterocycles. The van der Waals surface area contributed by atoms with Gasteiger partial charge in [0.1, 0.15) is 5.82 Å². The average molecular weight is 471 g/mol. The summed E-state index contributed by atoms with van der Waals surface area (Å²) in [6.07, 6.45) is 2.63. The normalized spacial score (nSPS) is 15.9. The van der Waals surface area contributed by atoms with Gasteiger partial charge in [-0.1, -0.05) is 30.8 Å². The van der Waals surface area contributed by atoms with Crippen molar-refractivity contribution < 1.29 is 14.3 Å². The number of aromatic nitrogens is 2. The Hall–Kier alpha value is -2.61. The molecule has 33 heavy (non-hydrogen) atoms. The lowest BCUT2D eigenvalue weighted by Crippen LogP contribution is -2.42. The summed E-state index contributed by atoms with van der Waals surface area (Å²) in [4.78, 5) is 38.4. The van der Waals surface area contributed by atoms with E-state index in [4.69, 9.17) is 9.72 Å². The van der Waals surface area contributed by atoms with E-state index < -0.39 is 0 Å². The van der Waals surface area contributed by atoms with Crippen LogP contribution in [-0.4, -0.2) is 60.0 Å². The van der Waals surface area contributed by atoms with E-state index >= 15 is 0 Å². The number of carbonyl (C=O) groups is 2. The molecule has 1 atom stereocenters. The second-order valence-corrected chi connectivity index (χ2v) is 9.35. The van der Waals surface area contributed by atoms with E-state index in [0.29, 0.717) is 31.0 Å². The molecule has 0 saturated carbocycles. The van der Waals surface area contributed by atoms with Crippen LogP contribution in [0.2, 0.25) is 0 Å². The Balaban J connectivity index is 1.65. The summed E-state index contributed by atoms with van der Waals surface area (Å²) in [5, 5.41) is 0.734. The summed E-state index contributed by atoms with van der Waals surface area (Å²) in [6, 6.07) is 9.70. The zero-order chi connectivity index (χ0) is 23.8. The molecule has 1 aliphatic rings. The van der Waals surface area contributed by atoms with Crippen molar-refractivity contribution in [1.82, 2.24) is 14.9 Å². The van der Waals surface area contributed by atoms with E-state index in [2.05, 4.69) is 16.8 Å². The van der Waals surface area contributed by atoms with Crippen LogP contribution in [0.4, 0.5) is 5.82 Å². The molecule has 1 fully saturated rings. The van der Waals surface area contributed by atoms with Crippen molar-refractivity contribution in [3.05, 3.63) is 47.2 Å². The topological polar surface area (TPSA) is 75.6 Å². The van der Waals surface area contributed by atoms with E-state index in [9.17, 15) is 9.59 Å². The molecule has 2 aromatic rings. The van der Waals surface area contributed by atoms with E-state index in [1.54, 1.807) is 23.6 Å². The Morgan fingerprint density at radius 3 is 2.82 bits per heavy atom. The van der Waals surface area contributed by atoms with Crippen LogP contribution in [0.3, 0.4) is 0 Å². The van der Waals surface area contributed by atoms with E-state index in [1.807, 2.05) is 44.3 Å². The maximum Gasteiger partial charge on any atom is 0.310 e. The monoisotopic (exact) mass is 470 g/mol. The first-order chi connectivity index (χ1) is 15.9. The van der Waals surface area contributed by atoms with Gasteiger partial charge >= 0.3 is 5.97 Å². The Morgan fingerprint density at radius 1 is 1.24 bits per heavy atom. The van der Waals surface area contributed by atoms with Crippen molar-refractivity contribution in [2.24, 2.45) is 5.92 Å². The van der Waals surface area contributed by atoms with Gasteiger partial charge in [-0.25, -0.2) is 9.97 Å². The molecular formula is C25H34N4O3S. The number of rotatable bonds is 9. The number of nitrogens with zero attached hydrogens (tertiary/aromatic N) is 4. The summed E-state index contributed by atoms with van der Waals surface area (Å²) < 4.78 is 5.16. The van der Waals surface area contributed by atoms with Crippen molar-refractivity contribution in [2.75, 3.05) is 38.2 Å². The molecule has 0 N–H and O–H groups in total. The van der Waals surface area contributed by atoms with Gasteiger partial charge in [0, 0.05) is 49.8 Å². The molecule has 0 unspecified atom stereocenters. The predicted octanol–water partition coefficient (Wildman–Crippen LogP) is 4.34. The van der Waals surface area contributed by atoms with Crippen molar-refractivity contribution in [3.63, 3.8) is 0 Å². The Labute approximate surface area is 200 Å². The lowest BCUT2D eigenvalue weighted by Gasteiger charge is -2.31. The molecule has 1 aromatic heterocycles. The van der Waals surface area contributed by atoms with Crippen LogP contribution >= 0.6 is 11.8 Å². The summed E-state index contributed by atoms with van der Waals surface area (Å²) >= 11 is 1.57. The van der Waals surface area contributed by atoms with Crippen LogP contribution in [-0.2, 0) is 15.3 Å². The number of esters is 1. The van der Waals surface area contributed by atoms with Crippen molar-refractivity contribution in [3.8, 4) is 0 Å². The first-order valence-corrected chi connectivity index (χ1v) is 12.6. The van der Waals surface area contributed by atoms with Crippen LogP contribution in [0.15, 0.2) is 35.5 Å². The Kier molecular flexibility index (Phi) is 9.11. The quantitative estimate of drug-likeness (QED) is 0.307. The number of amides is 1. The fourth-order valence-electron chi connectivity index (χ4n) is 3.97. The first-order valence-electron chi connectivity index (χ1n) is 11.7. The van der Waals surface area contributed by atoms with Gasteiger partial charge in [-0.2, -0.15) is 0 Å². The number of anilines is 1. The first kappa shape index (κ1) is 25.0. The lowest BCUT2D eigenvalue weighted by atomic mass is 9.97. The minimum absolute atomic E-state index is 0.0360. The maximum atomic E-state index is 13.1. The highest BCUT2D eigenvalue weighted by Gasteiger charge is 2.29. The molecule has 178 valence electrons. The van der Waals surface area contributed by atoms with Gasteiger partial charge in [0.05, 0.1) is 12.5 Å². The van der Waals surface area contributed by atoms with Gasteiger partial charge in [-0.15, -0.1) is 0 Å².